The molecule has 94 valence electrons. The Labute approximate surface area is 101 Å². The molecule has 1 rings (SSSR count). The number of allylic oxidation sites excluding steroid dienone is 1. The second-order valence-corrected chi connectivity index (χ2v) is 6.04. The second kappa shape index (κ2) is 5.22. The van der Waals surface area contributed by atoms with Gasteiger partial charge in [0.2, 0.25) is 0 Å². The summed E-state index contributed by atoms with van der Waals surface area (Å²) in [7, 11) is 4.42. The molecule has 0 saturated carbocycles. The van der Waals surface area contributed by atoms with Crippen molar-refractivity contribution in [2.75, 3.05) is 27.2 Å². The lowest BCUT2D eigenvalue weighted by Crippen LogP contribution is -2.47. The predicted molar refractivity (Wildman–Crippen MR) is 71.5 cm³/mol. The Balaban J connectivity index is 2.44. The summed E-state index contributed by atoms with van der Waals surface area (Å²) in [6.07, 6.45) is 3.69. The summed E-state index contributed by atoms with van der Waals surface area (Å²) < 4.78 is 0. The van der Waals surface area contributed by atoms with Gasteiger partial charge >= 0.3 is 0 Å². The average Bonchev–Trinajstić information content (AvgIpc) is 2.44. The quantitative estimate of drug-likeness (QED) is 0.708. The van der Waals surface area contributed by atoms with Crippen molar-refractivity contribution in [1.82, 2.24) is 9.80 Å². The molecular weight excluding hydrogens is 196 g/mol. The number of nitrogens with zero attached hydrogens (tertiary/aromatic N) is 2. The van der Waals surface area contributed by atoms with Crippen molar-refractivity contribution in [3.05, 3.63) is 12.3 Å². The Morgan fingerprint density at radius 1 is 1.50 bits per heavy atom. The number of likely N-dealkylation sites (N-methyl/N-ethyl adjacent to an activating group) is 2. The molecule has 0 aromatic heterocycles. The van der Waals surface area contributed by atoms with E-state index in [4.69, 9.17) is 0 Å². The van der Waals surface area contributed by atoms with Crippen LogP contribution in [0.25, 0.3) is 0 Å². The SMILES string of the molecule is C=C1CC[C@](C)(CN(C)CCC(C)C)N1C. The number of hydrogen-bond acceptors (Lipinski definition) is 2. The molecule has 0 radical (unpaired) electrons. The Hall–Kier alpha value is -0.500. The van der Waals surface area contributed by atoms with Crippen molar-refractivity contribution in [2.24, 2.45) is 5.92 Å². The van der Waals surface area contributed by atoms with E-state index in [1.807, 2.05) is 0 Å². The lowest BCUT2D eigenvalue weighted by atomic mass is 9.98. The van der Waals surface area contributed by atoms with Crippen LogP contribution >= 0.6 is 0 Å². The topological polar surface area (TPSA) is 6.48 Å². The lowest BCUT2D eigenvalue weighted by molar-refractivity contribution is 0.147. The van der Waals surface area contributed by atoms with Crippen LogP contribution in [0.1, 0.15) is 40.0 Å². The summed E-state index contributed by atoms with van der Waals surface area (Å²) in [6, 6.07) is 0. The van der Waals surface area contributed by atoms with Crippen LogP contribution in [0.3, 0.4) is 0 Å². The van der Waals surface area contributed by atoms with Crippen molar-refractivity contribution in [3.63, 3.8) is 0 Å². The van der Waals surface area contributed by atoms with E-state index < -0.39 is 0 Å². The van der Waals surface area contributed by atoms with Gasteiger partial charge < -0.3 is 9.80 Å². The zero-order valence-electron chi connectivity index (χ0n) is 11.7. The fourth-order valence-electron chi connectivity index (χ4n) is 2.45. The maximum absolute atomic E-state index is 4.12. The summed E-state index contributed by atoms with van der Waals surface area (Å²) in [4.78, 5) is 4.84. The molecule has 0 aromatic rings. The maximum atomic E-state index is 4.12. The monoisotopic (exact) mass is 224 g/mol. The molecule has 0 aromatic carbocycles. The minimum atomic E-state index is 0.294. The highest BCUT2D eigenvalue weighted by molar-refractivity contribution is 5.09. The molecule has 1 saturated heterocycles. The normalized spacial score (nSPS) is 26.2. The highest BCUT2D eigenvalue weighted by Crippen LogP contribution is 2.34. The molecule has 0 amide bonds. The third-order valence-electron chi connectivity index (χ3n) is 3.93. The van der Waals surface area contributed by atoms with Gasteiger partial charge in [0.15, 0.2) is 0 Å². The largest absolute Gasteiger partial charge is 0.372 e. The molecule has 1 atom stereocenters. The molecule has 1 aliphatic rings. The van der Waals surface area contributed by atoms with Gasteiger partial charge in [-0.25, -0.2) is 0 Å². The Morgan fingerprint density at radius 2 is 2.12 bits per heavy atom. The minimum absolute atomic E-state index is 0.294. The van der Waals surface area contributed by atoms with Gasteiger partial charge in [-0.15, -0.1) is 0 Å². The summed E-state index contributed by atoms with van der Waals surface area (Å²) in [5.41, 5.74) is 1.59. The van der Waals surface area contributed by atoms with Gasteiger partial charge in [-0.05, 0) is 45.7 Å². The van der Waals surface area contributed by atoms with E-state index in [-0.39, 0.29) is 0 Å². The van der Waals surface area contributed by atoms with Crippen LogP contribution in [-0.4, -0.2) is 42.5 Å². The highest BCUT2D eigenvalue weighted by Gasteiger charge is 2.36. The Kier molecular flexibility index (Phi) is 4.43. The second-order valence-electron chi connectivity index (χ2n) is 6.04. The van der Waals surface area contributed by atoms with E-state index in [1.54, 1.807) is 0 Å². The molecule has 2 nitrogen and oxygen atoms in total. The zero-order chi connectivity index (χ0) is 12.3. The van der Waals surface area contributed by atoms with E-state index in [2.05, 4.69) is 51.2 Å². The first-order valence-electron chi connectivity index (χ1n) is 6.45. The number of rotatable bonds is 5. The predicted octanol–water partition coefficient (Wildman–Crippen LogP) is 2.96. The molecule has 0 N–H and O–H groups in total. The molecule has 2 heteroatoms. The van der Waals surface area contributed by atoms with E-state index in [9.17, 15) is 0 Å². The summed E-state index contributed by atoms with van der Waals surface area (Å²) in [6.45, 7) is 13.4. The van der Waals surface area contributed by atoms with Crippen LogP contribution in [0.2, 0.25) is 0 Å². The van der Waals surface area contributed by atoms with Gasteiger partial charge in [-0.2, -0.15) is 0 Å². The fourth-order valence-corrected chi connectivity index (χ4v) is 2.45. The van der Waals surface area contributed by atoms with E-state index in [0.29, 0.717) is 5.54 Å². The van der Waals surface area contributed by atoms with Gasteiger partial charge in [0.05, 0.1) is 0 Å². The molecule has 0 unspecified atom stereocenters. The van der Waals surface area contributed by atoms with Crippen molar-refractivity contribution in [1.29, 1.82) is 0 Å². The minimum Gasteiger partial charge on any atom is -0.372 e. The molecule has 1 fully saturated rings. The standard InChI is InChI=1S/C14H28N2/c1-12(2)8-10-15(5)11-14(4)9-7-13(3)16(14)6/h12H,3,7-11H2,1-2,4-6H3/t14-/m1/s1. The third kappa shape index (κ3) is 3.24. The van der Waals surface area contributed by atoms with Crippen LogP contribution < -0.4 is 0 Å². The zero-order valence-corrected chi connectivity index (χ0v) is 11.7. The van der Waals surface area contributed by atoms with Gasteiger partial charge in [-0.1, -0.05) is 20.4 Å². The first-order valence-corrected chi connectivity index (χ1v) is 6.45. The van der Waals surface area contributed by atoms with Gasteiger partial charge in [0, 0.05) is 24.8 Å². The van der Waals surface area contributed by atoms with Crippen molar-refractivity contribution in [2.45, 2.75) is 45.6 Å². The van der Waals surface area contributed by atoms with Crippen LogP contribution in [0.4, 0.5) is 0 Å². The lowest BCUT2D eigenvalue weighted by Gasteiger charge is -2.37. The summed E-state index contributed by atoms with van der Waals surface area (Å²) in [5.74, 6) is 0.798. The van der Waals surface area contributed by atoms with Crippen LogP contribution in [0, 0.1) is 5.92 Å². The van der Waals surface area contributed by atoms with Gasteiger partial charge in [-0.3, -0.25) is 0 Å². The fraction of sp³-hybridized carbons (Fsp3) is 0.857. The summed E-state index contributed by atoms with van der Waals surface area (Å²) >= 11 is 0. The first kappa shape index (κ1) is 13.6. The summed E-state index contributed by atoms with van der Waals surface area (Å²) in [5, 5.41) is 0. The van der Waals surface area contributed by atoms with E-state index in [0.717, 1.165) is 18.9 Å². The molecule has 0 bridgehead atoms. The Morgan fingerprint density at radius 3 is 2.56 bits per heavy atom. The van der Waals surface area contributed by atoms with Crippen LogP contribution in [-0.2, 0) is 0 Å². The van der Waals surface area contributed by atoms with E-state index >= 15 is 0 Å². The smallest absolute Gasteiger partial charge is 0.0498 e. The molecule has 16 heavy (non-hydrogen) atoms. The van der Waals surface area contributed by atoms with Crippen LogP contribution in [0.5, 0.6) is 0 Å². The van der Waals surface area contributed by atoms with Gasteiger partial charge in [0.1, 0.15) is 0 Å². The maximum Gasteiger partial charge on any atom is 0.0498 e. The van der Waals surface area contributed by atoms with Crippen LogP contribution in [0.15, 0.2) is 12.3 Å². The number of hydrogen-bond donors (Lipinski definition) is 0. The molecule has 1 heterocycles. The first-order chi connectivity index (χ1) is 7.35. The molecular formula is C14H28N2. The molecule has 0 spiro atoms. The van der Waals surface area contributed by atoms with Crippen molar-refractivity contribution < 1.29 is 0 Å². The Bertz CT molecular complexity index is 247. The van der Waals surface area contributed by atoms with Gasteiger partial charge in [0.25, 0.3) is 0 Å². The highest BCUT2D eigenvalue weighted by atomic mass is 15.3. The third-order valence-corrected chi connectivity index (χ3v) is 3.93. The van der Waals surface area contributed by atoms with Crippen molar-refractivity contribution >= 4 is 0 Å². The molecule has 1 aliphatic heterocycles. The van der Waals surface area contributed by atoms with Crippen molar-refractivity contribution in [3.8, 4) is 0 Å². The number of likely N-dealkylation sites (tertiary alicyclic amines) is 1. The van der Waals surface area contributed by atoms with E-state index in [1.165, 1.54) is 25.1 Å². The molecule has 0 aliphatic carbocycles. The average molecular weight is 224 g/mol.